The van der Waals surface area contributed by atoms with Crippen molar-refractivity contribution in [2.45, 2.75) is 0 Å². The van der Waals surface area contributed by atoms with E-state index >= 15 is 0 Å². The summed E-state index contributed by atoms with van der Waals surface area (Å²) in [4.78, 5) is 21.6. The molecule has 4 nitrogen and oxygen atoms in total. The molecule has 0 aliphatic carbocycles. The van der Waals surface area contributed by atoms with Crippen molar-refractivity contribution >= 4 is 23.3 Å². The molecule has 1 aromatic rings. The van der Waals surface area contributed by atoms with Crippen LogP contribution < -0.4 is 0 Å². The number of carboxylic acid groups (broad SMARTS) is 1. The SMILES string of the molecule is COC(=O)c1sccc1C(=O)O. The normalized spacial score (nSPS) is 9.42. The number of thiophene rings is 1. The molecule has 0 spiro atoms. The summed E-state index contributed by atoms with van der Waals surface area (Å²) in [6.45, 7) is 0. The van der Waals surface area contributed by atoms with E-state index in [1.165, 1.54) is 18.6 Å². The smallest absolute Gasteiger partial charge is 0.348 e. The zero-order valence-corrected chi connectivity index (χ0v) is 7.05. The van der Waals surface area contributed by atoms with Crippen LogP contribution in [0.1, 0.15) is 20.0 Å². The van der Waals surface area contributed by atoms with Gasteiger partial charge in [0, 0.05) is 0 Å². The molecule has 5 heteroatoms. The summed E-state index contributed by atoms with van der Waals surface area (Å²) in [5, 5.41) is 10.1. The first-order chi connectivity index (χ1) is 5.66. The van der Waals surface area contributed by atoms with Crippen molar-refractivity contribution in [2.24, 2.45) is 0 Å². The van der Waals surface area contributed by atoms with E-state index in [0.717, 1.165) is 11.3 Å². The van der Waals surface area contributed by atoms with Crippen molar-refractivity contribution in [3.8, 4) is 0 Å². The number of aromatic carboxylic acids is 1. The van der Waals surface area contributed by atoms with E-state index in [0.29, 0.717) is 0 Å². The molecule has 1 rings (SSSR count). The Labute approximate surface area is 72.4 Å². The highest BCUT2D eigenvalue weighted by atomic mass is 32.1. The molecule has 0 aliphatic rings. The molecule has 0 amide bonds. The van der Waals surface area contributed by atoms with E-state index in [4.69, 9.17) is 5.11 Å². The molecule has 0 saturated carbocycles. The third-order valence-electron chi connectivity index (χ3n) is 1.27. The lowest BCUT2D eigenvalue weighted by atomic mass is 10.2. The molecule has 0 saturated heterocycles. The van der Waals surface area contributed by atoms with Crippen LogP contribution >= 0.6 is 11.3 Å². The van der Waals surface area contributed by atoms with Crippen molar-refractivity contribution in [3.63, 3.8) is 0 Å². The minimum absolute atomic E-state index is 0.00755. The molecule has 12 heavy (non-hydrogen) atoms. The fourth-order valence-corrected chi connectivity index (χ4v) is 1.53. The summed E-state index contributed by atoms with van der Waals surface area (Å²) >= 11 is 1.06. The molecule has 0 unspecified atom stereocenters. The van der Waals surface area contributed by atoms with Gasteiger partial charge in [0.05, 0.1) is 12.7 Å². The van der Waals surface area contributed by atoms with Crippen molar-refractivity contribution in [2.75, 3.05) is 7.11 Å². The molecule has 0 radical (unpaired) electrons. The lowest BCUT2D eigenvalue weighted by molar-refractivity contribution is 0.0589. The number of ether oxygens (including phenoxy) is 1. The van der Waals surface area contributed by atoms with Gasteiger partial charge in [0.2, 0.25) is 0 Å². The first-order valence-corrected chi connectivity index (χ1v) is 3.94. The Bertz CT molecular complexity index is 315. The number of esters is 1. The molecule has 0 bridgehead atoms. The standard InChI is InChI=1S/C7H6O4S/c1-11-7(10)5-4(6(8)9)2-3-12-5/h2-3H,1H3,(H,8,9). The van der Waals surface area contributed by atoms with Gasteiger partial charge in [-0.15, -0.1) is 11.3 Å². The van der Waals surface area contributed by atoms with Gasteiger partial charge in [-0.2, -0.15) is 0 Å². The van der Waals surface area contributed by atoms with Gasteiger partial charge < -0.3 is 9.84 Å². The molecular formula is C7H6O4S. The second-order valence-corrected chi connectivity index (χ2v) is 2.88. The Morgan fingerprint density at radius 1 is 1.58 bits per heavy atom. The van der Waals surface area contributed by atoms with E-state index in [1.54, 1.807) is 0 Å². The zero-order valence-electron chi connectivity index (χ0n) is 6.23. The summed E-state index contributed by atoms with van der Waals surface area (Å²) in [5.74, 6) is -1.72. The number of hydrogen-bond acceptors (Lipinski definition) is 4. The minimum Gasteiger partial charge on any atom is -0.478 e. The number of carbonyl (C=O) groups is 2. The molecule has 64 valence electrons. The quantitative estimate of drug-likeness (QED) is 0.705. The highest BCUT2D eigenvalue weighted by molar-refractivity contribution is 7.12. The van der Waals surface area contributed by atoms with Crippen LogP contribution in [0.25, 0.3) is 0 Å². The third kappa shape index (κ3) is 1.45. The first-order valence-electron chi connectivity index (χ1n) is 3.06. The lowest BCUT2D eigenvalue weighted by Crippen LogP contribution is -2.05. The van der Waals surface area contributed by atoms with Gasteiger partial charge >= 0.3 is 11.9 Å². The number of hydrogen-bond donors (Lipinski definition) is 1. The van der Waals surface area contributed by atoms with E-state index in [-0.39, 0.29) is 10.4 Å². The van der Waals surface area contributed by atoms with Crippen LogP contribution in [0.4, 0.5) is 0 Å². The van der Waals surface area contributed by atoms with Crippen LogP contribution in [-0.4, -0.2) is 24.2 Å². The molecule has 0 atom stereocenters. The van der Waals surface area contributed by atoms with Crippen LogP contribution in [0.2, 0.25) is 0 Å². The third-order valence-corrected chi connectivity index (χ3v) is 2.16. The molecule has 0 aromatic carbocycles. The predicted molar refractivity (Wildman–Crippen MR) is 42.6 cm³/mol. The fourth-order valence-electron chi connectivity index (χ4n) is 0.728. The van der Waals surface area contributed by atoms with Crippen molar-refractivity contribution in [1.29, 1.82) is 0 Å². The topological polar surface area (TPSA) is 63.6 Å². The van der Waals surface area contributed by atoms with Gasteiger partial charge in [-0.1, -0.05) is 0 Å². The number of carbonyl (C=O) groups excluding carboxylic acids is 1. The Balaban J connectivity index is 3.07. The van der Waals surface area contributed by atoms with Crippen molar-refractivity contribution in [3.05, 3.63) is 21.9 Å². The summed E-state index contributed by atoms with van der Waals surface area (Å²) in [7, 11) is 1.22. The molecular weight excluding hydrogens is 180 g/mol. The maximum absolute atomic E-state index is 10.9. The van der Waals surface area contributed by atoms with Crippen LogP contribution in [0, 0.1) is 0 Å². The van der Waals surface area contributed by atoms with Crippen molar-refractivity contribution in [1.82, 2.24) is 0 Å². The summed E-state index contributed by atoms with van der Waals surface area (Å²) in [6, 6.07) is 1.37. The average Bonchev–Trinajstić information content (AvgIpc) is 2.50. The Morgan fingerprint density at radius 2 is 2.25 bits per heavy atom. The minimum atomic E-state index is -1.11. The predicted octanol–water partition coefficient (Wildman–Crippen LogP) is 1.23. The average molecular weight is 186 g/mol. The molecule has 0 fully saturated rings. The van der Waals surface area contributed by atoms with E-state index in [1.807, 2.05) is 0 Å². The number of rotatable bonds is 2. The van der Waals surface area contributed by atoms with E-state index in [2.05, 4.69) is 4.74 Å². The number of carboxylic acids is 1. The number of methoxy groups -OCH3 is 1. The maximum Gasteiger partial charge on any atom is 0.348 e. The zero-order chi connectivity index (χ0) is 9.14. The van der Waals surface area contributed by atoms with Gasteiger partial charge in [-0.05, 0) is 11.4 Å². The van der Waals surface area contributed by atoms with Crippen LogP contribution in [0.15, 0.2) is 11.4 Å². The Morgan fingerprint density at radius 3 is 2.75 bits per heavy atom. The van der Waals surface area contributed by atoms with E-state index < -0.39 is 11.9 Å². The monoisotopic (exact) mass is 186 g/mol. The van der Waals surface area contributed by atoms with Gasteiger partial charge in [0.25, 0.3) is 0 Å². The van der Waals surface area contributed by atoms with Gasteiger partial charge in [0.15, 0.2) is 0 Å². The van der Waals surface area contributed by atoms with Crippen LogP contribution in [0.3, 0.4) is 0 Å². The Kier molecular flexibility index (Phi) is 2.44. The Hall–Kier alpha value is -1.36. The molecule has 1 heterocycles. The van der Waals surface area contributed by atoms with Gasteiger partial charge in [0.1, 0.15) is 4.88 Å². The molecule has 1 aromatic heterocycles. The van der Waals surface area contributed by atoms with Crippen molar-refractivity contribution < 1.29 is 19.4 Å². The second-order valence-electron chi connectivity index (χ2n) is 1.96. The van der Waals surface area contributed by atoms with Crippen LogP contribution in [0.5, 0.6) is 0 Å². The largest absolute Gasteiger partial charge is 0.478 e. The van der Waals surface area contributed by atoms with Gasteiger partial charge in [-0.3, -0.25) is 0 Å². The molecule has 0 aliphatic heterocycles. The summed E-state index contributed by atoms with van der Waals surface area (Å²) < 4.78 is 4.39. The summed E-state index contributed by atoms with van der Waals surface area (Å²) in [5.41, 5.74) is -0.00755. The first kappa shape index (κ1) is 8.73. The fraction of sp³-hybridized carbons (Fsp3) is 0.143. The molecule has 1 N–H and O–H groups in total. The highest BCUT2D eigenvalue weighted by Crippen LogP contribution is 2.17. The second kappa shape index (κ2) is 3.36. The van der Waals surface area contributed by atoms with Crippen LogP contribution in [-0.2, 0) is 4.74 Å². The summed E-state index contributed by atoms with van der Waals surface area (Å²) in [6.07, 6.45) is 0. The van der Waals surface area contributed by atoms with E-state index in [9.17, 15) is 9.59 Å². The lowest BCUT2D eigenvalue weighted by Gasteiger charge is -1.95. The van der Waals surface area contributed by atoms with Gasteiger partial charge in [-0.25, -0.2) is 9.59 Å². The maximum atomic E-state index is 10.9. The highest BCUT2D eigenvalue weighted by Gasteiger charge is 2.17.